The van der Waals surface area contributed by atoms with Gasteiger partial charge in [0.25, 0.3) is 0 Å². The van der Waals surface area contributed by atoms with Crippen LogP contribution in [0.4, 0.5) is 11.5 Å². The van der Waals surface area contributed by atoms with Crippen LogP contribution in [0, 0.1) is 0 Å². The van der Waals surface area contributed by atoms with Crippen LogP contribution in [-0.4, -0.2) is 82.6 Å². The number of benzene rings is 2. The largest absolute Gasteiger partial charge is 0.493 e. The molecular weight excluding hydrogens is 510 g/mol. The lowest BCUT2D eigenvalue weighted by Crippen LogP contribution is -2.44. The van der Waals surface area contributed by atoms with Gasteiger partial charge in [0.05, 0.1) is 31.1 Å². The molecule has 0 unspecified atom stereocenters. The number of amides is 1. The maximum Gasteiger partial charge on any atom is 0.236 e. The van der Waals surface area contributed by atoms with Crippen LogP contribution < -0.4 is 19.5 Å². The van der Waals surface area contributed by atoms with E-state index in [4.69, 9.17) is 14.2 Å². The maximum atomic E-state index is 12.4. The predicted molar refractivity (Wildman–Crippen MR) is 151 cm³/mol. The molecule has 4 aromatic rings. The minimum atomic E-state index is 0.0422. The highest BCUT2D eigenvalue weighted by atomic mass is 16.5. The number of aromatic nitrogens is 4. The Morgan fingerprint density at radius 2 is 1.90 bits per heavy atom. The third-order valence-corrected chi connectivity index (χ3v) is 6.57. The molecule has 11 nitrogen and oxygen atoms in total. The molecule has 40 heavy (non-hydrogen) atoms. The summed E-state index contributed by atoms with van der Waals surface area (Å²) in [5, 5.41) is 4.21. The van der Waals surface area contributed by atoms with Gasteiger partial charge in [-0.25, -0.2) is 9.97 Å². The molecule has 11 heteroatoms. The molecule has 0 aliphatic carbocycles. The summed E-state index contributed by atoms with van der Waals surface area (Å²) < 4.78 is 17.8. The maximum absolute atomic E-state index is 12.4. The summed E-state index contributed by atoms with van der Waals surface area (Å²) in [6.07, 6.45) is 8.07. The molecule has 1 aliphatic heterocycles. The molecule has 0 saturated carbocycles. The average Bonchev–Trinajstić information content (AvgIpc) is 2.97. The number of carbonyl (C=O) groups excluding carboxylic acids is 1. The Hall–Kier alpha value is -4.51. The van der Waals surface area contributed by atoms with Gasteiger partial charge in [-0.2, -0.15) is 0 Å². The molecule has 1 fully saturated rings. The van der Waals surface area contributed by atoms with Gasteiger partial charge in [-0.05, 0) is 44.4 Å². The lowest BCUT2D eigenvalue weighted by molar-refractivity contribution is -0.133. The first-order chi connectivity index (χ1) is 19.5. The van der Waals surface area contributed by atoms with Crippen LogP contribution in [0.5, 0.6) is 17.2 Å². The van der Waals surface area contributed by atoms with E-state index in [1.165, 1.54) is 6.33 Å². The van der Waals surface area contributed by atoms with Crippen molar-refractivity contribution in [3.8, 4) is 17.2 Å². The Kier molecular flexibility index (Phi) is 8.50. The molecule has 2 aromatic heterocycles. The van der Waals surface area contributed by atoms with Crippen molar-refractivity contribution in [2.24, 2.45) is 0 Å². The average molecular weight is 544 g/mol. The molecule has 0 atom stereocenters. The summed E-state index contributed by atoms with van der Waals surface area (Å²) in [6, 6.07) is 11.4. The molecule has 0 bridgehead atoms. The first-order valence-electron chi connectivity index (χ1n) is 13.1. The number of methoxy groups -OCH3 is 1. The van der Waals surface area contributed by atoms with Crippen molar-refractivity contribution in [1.29, 1.82) is 0 Å². The number of hydrogen-bond acceptors (Lipinski definition) is 10. The smallest absolute Gasteiger partial charge is 0.236 e. The van der Waals surface area contributed by atoms with E-state index in [-0.39, 0.29) is 18.6 Å². The molecule has 0 radical (unpaired) electrons. The van der Waals surface area contributed by atoms with Gasteiger partial charge < -0.3 is 29.3 Å². The molecule has 5 rings (SSSR count). The van der Waals surface area contributed by atoms with Gasteiger partial charge in [0.1, 0.15) is 30.6 Å². The molecule has 1 amide bonds. The van der Waals surface area contributed by atoms with Crippen molar-refractivity contribution in [2.45, 2.75) is 25.6 Å². The van der Waals surface area contributed by atoms with E-state index in [0.29, 0.717) is 37.0 Å². The van der Waals surface area contributed by atoms with Crippen LogP contribution >= 0.6 is 0 Å². The lowest BCUT2D eigenvalue weighted by Gasteiger charge is -2.32. The molecule has 2 aromatic carbocycles. The van der Waals surface area contributed by atoms with Gasteiger partial charge in [-0.15, -0.1) is 0 Å². The molecule has 3 heterocycles. The Bertz CT molecular complexity index is 1440. The van der Waals surface area contributed by atoms with Gasteiger partial charge in [-0.3, -0.25) is 14.8 Å². The van der Waals surface area contributed by atoms with E-state index in [2.05, 4.69) is 25.3 Å². The van der Waals surface area contributed by atoms with Crippen molar-refractivity contribution in [3.05, 3.63) is 67.0 Å². The van der Waals surface area contributed by atoms with Gasteiger partial charge in [0.15, 0.2) is 11.5 Å². The van der Waals surface area contributed by atoms with Crippen LogP contribution in [0.2, 0.25) is 0 Å². The first kappa shape index (κ1) is 27.1. The molecule has 0 spiro atoms. The van der Waals surface area contributed by atoms with Gasteiger partial charge >= 0.3 is 0 Å². The van der Waals surface area contributed by atoms with Crippen molar-refractivity contribution in [3.63, 3.8) is 0 Å². The zero-order valence-electron chi connectivity index (χ0n) is 22.9. The van der Waals surface area contributed by atoms with Crippen molar-refractivity contribution in [2.75, 3.05) is 46.2 Å². The normalized spacial score (nSPS) is 13.8. The third kappa shape index (κ3) is 6.73. The number of anilines is 2. The van der Waals surface area contributed by atoms with Crippen LogP contribution in [0.25, 0.3) is 10.9 Å². The molecule has 1 saturated heterocycles. The van der Waals surface area contributed by atoms with Gasteiger partial charge in [0, 0.05) is 55.5 Å². The van der Waals surface area contributed by atoms with Crippen molar-refractivity contribution < 1.29 is 19.0 Å². The number of carbonyl (C=O) groups is 1. The monoisotopic (exact) mass is 543 g/mol. The highest BCUT2D eigenvalue weighted by molar-refractivity contribution is 5.91. The van der Waals surface area contributed by atoms with Crippen molar-refractivity contribution >= 4 is 28.3 Å². The Balaban J connectivity index is 1.26. The summed E-state index contributed by atoms with van der Waals surface area (Å²) in [7, 11) is 5.41. The van der Waals surface area contributed by atoms with Crippen LogP contribution in [0.15, 0.2) is 61.3 Å². The minimum Gasteiger partial charge on any atom is -0.493 e. The zero-order valence-corrected chi connectivity index (χ0v) is 22.9. The topological polar surface area (TPSA) is 115 Å². The third-order valence-electron chi connectivity index (χ3n) is 6.57. The number of piperidine rings is 1. The highest BCUT2D eigenvalue weighted by Gasteiger charge is 2.24. The fourth-order valence-electron chi connectivity index (χ4n) is 4.55. The lowest BCUT2D eigenvalue weighted by atomic mass is 10.1. The molecule has 1 N–H and O–H groups in total. The predicted octanol–water partition coefficient (Wildman–Crippen LogP) is 3.68. The first-order valence-corrected chi connectivity index (χ1v) is 13.1. The summed E-state index contributed by atoms with van der Waals surface area (Å²) in [5.74, 6) is 2.72. The van der Waals surface area contributed by atoms with E-state index >= 15 is 0 Å². The number of rotatable bonds is 10. The molecule has 1 aliphatic rings. The fourth-order valence-corrected chi connectivity index (χ4v) is 4.55. The van der Waals surface area contributed by atoms with E-state index in [0.717, 1.165) is 40.9 Å². The van der Waals surface area contributed by atoms with Gasteiger partial charge in [-0.1, -0.05) is 0 Å². The van der Waals surface area contributed by atoms with E-state index in [1.54, 1.807) is 25.7 Å². The minimum absolute atomic E-state index is 0.0422. The number of fused-ring (bicyclic) bond motifs is 1. The molecular formula is C29H33N7O4. The summed E-state index contributed by atoms with van der Waals surface area (Å²) in [6.45, 7) is 2.10. The van der Waals surface area contributed by atoms with Crippen LogP contribution in [0.3, 0.4) is 0 Å². The Labute approximate surface area is 233 Å². The quantitative estimate of drug-likeness (QED) is 0.318. The van der Waals surface area contributed by atoms with Crippen molar-refractivity contribution in [1.82, 2.24) is 29.7 Å². The SMILES string of the molecule is COc1cc(Nc2ncnc3ccc(OC4CCN(C(=O)CN(C)C)CC4)cc23)ccc1OCc1cnccn1. The second-order valence-corrected chi connectivity index (χ2v) is 9.81. The van der Waals surface area contributed by atoms with Crippen LogP contribution in [0.1, 0.15) is 18.5 Å². The second-order valence-electron chi connectivity index (χ2n) is 9.81. The van der Waals surface area contributed by atoms with Crippen LogP contribution in [-0.2, 0) is 11.4 Å². The number of ether oxygens (including phenoxy) is 3. The highest BCUT2D eigenvalue weighted by Crippen LogP contribution is 2.33. The van der Waals surface area contributed by atoms with E-state index in [9.17, 15) is 4.79 Å². The molecule has 208 valence electrons. The summed E-state index contributed by atoms with van der Waals surface area (Å²) >= 11 is 0. The Morgan fingerprint density at radius 1 is 1.05 bits per heavy atom. The zero-order chi connectivity index (χ0) is 27.9. The summed E-state index contributed by atoms with van der Waals surface area (Å²) in [4.78, 5) is 33.4. The number of likely N-dealkylation sites (N-methyl/N-ethyl adjacent to an activating group) is 1. The fraction of sp³-hybridized carbons (Fsp3) is 0.345. The number of nitrogens with zero attached hydrogens (tertiary/aromatic N) is 6. The second kappa shape index (κ2) is 12.6. The van der Waals surface area contributed by atoms with E-state index < -0.39 is 0 Å². The standard InChI is InChI=1S/C29H33N7O4/c1-35(2)17-28(37)36-12-8-22(9-13-36)40-23-5-6-25-24(15-23)29(33-19-32-25)34-20-4-7-26(27(14-20)38-3)39-18-21-16-30-10-11-31-21/h4-7,10-11,14-16,19,22H,8-9,12-13,17-18H2,1-3H3,(H,32,33,34). The number of nitrogens with one attached hydrogen (secondary N) is 1. The van der Waals surface area contributed by atoms with E-state index in [1.807, 2.05) is 60.3 Å². The van der Waals surface area contributed by atoms with Gasteiger partial charge in [0.2, 0.25) is 5.91 Å². The number of likely N-dealkylation sites (tertiary alicyclic amines) is 1. The summed E-state index contributed by atoms with van der Waals surface area (Å²) in [5.41, 5.74) is 2.30. The number of hydrogen-bond donors (Lipinski definition) is 1. The Morgan fingerprint density at radius 3 is 2.65 bits per heavy atom.